The largest absolute Gasteiger partial charge is 0.368 e. The zero-order valence-corrected chi connectivity index (χ0v) is 13.8. The van der Waals surface area contributed by atoms with Gasteiger partial charge in [-0.25, -0.2) is 8.42 Å². The van der Waals surface area contributed by atoms with Gasteiger partial charge in [-0.2, -0.15) is 0 Å². The SMILES string of the molecule is Cc1ccccc1NS(=O)(=O)c1ccc(C(=O)NCC(N)=O)cc1. The van der Waals surface area contributed by atoms with E-state index >= 15 is 0 Å². The van der Waals surface area contributed by atoms with Crippen molar-refractivity contribution in [3.63, 3.8) is 0 Å². The molecule has 8 heteroatoms. The maximum absolute atomic E-state index is 12.4. The molecule has 0 unspecified atom stereocenters. The normalized spacial score (nSPS) is 10.9. The van der Waals surface area contributed by atoms with Gasteiger partial charge in [0.2, 0.25) is 5.91 Å². The van der Waals surface area contributed by atoms with E-state index in [-0.39, 0.29) is 17.0 Å². The van der Waals surface area contributed by atoms with Crippen LogP contribution in [0.4, 0.5) is 5.69 Å². The number of nitrogens with two attached hydrogens (primary N) is 1. The number of amides is 2. The van der Waals surface area contributed by atoms with Gasteiger partial charge in [0.15, 0.2) is 0 Å². The Morgan fingerprint density at radius 1 is 1.04 bits per heavy atom. The molecule has 0 radical (unpaired) electrons. The number of rotatable bonds is 6. The smallest absolute Gasteiger partial charge is 0.261 e. The Morgan fingerprint density at radius 2 is 1.67 bits per heavy atom. The number of nitrogens with one attached hydrogen (secondary N) is 2. The van der Waals surface area contributed by atoms with Crippen molar-refractivity contribution >= 4 is 27.5 Å². The first-order valence-corrected chi connectivity index (χ1v) is 8.53. The van der Waals surface area contributed by atoms with Crippen LogP contribution in [0.1, 0.15) is 15.9 Å². The van der Waals surface area contributed by atoms with Gasteiger partial charge >= 0.3 is 0 Å². The number of hydrogen-bond acceptors (Lipinski definition) is 4. The Hall–Kier alpha value is -2.87. The van der Waals surface area contributed by atoms with Crippen molar-refractivity contribution in [2.45, 2.75) is 11.8 Å². The van der Waals surface area contributed by atoms with E-state index in [1.54, 1.807) is 25.1 Å². The number of aryl methyl sites for hydroxylation is 1. The zero-order valence-electron chi connectivity index (χ0n) is 12.9. The molecule has 0 saturated heterocycles. The summed E-state index contributed by atoms with van der Waals surface area (Å²) in [7, 11) is -3.76. The van der Waals surface area contributed by atoms with E-state index in [1.807, 2.05) is 6.07 Å². The first-order chi connectivity index (χ1) is 11.3. The summed E-state index contributed by atoms with van der Waals surface area (Å²) in [4.78, 5) is 22.4. The monoisotopic (exact) mass is 347 g/mol. The third kappa shape index (κ3) is 4.32. The van der Waals surface area contributed by atoms with Crippen LogP contribution < -0.4 is 15.8 Å². The Morgan fingerprint density at radius 3 is 2.25 bits per heavy atom. The van der Waals surface area contributed by atoms with Crippen molar-refractivity contribution in [3.8, 4) is 0 Å². The minimum Gasteiger partial charge on any atom is -0.368 e. The van der Waals surface area contributed by atoms with Gasteiger partial charge in [0.25, 0.3) is 15.9 Å². The number of sulfonamides is 1. The molecule has 0 spiro atoms. The third-order valence-corrected chi connectivity index (χ3v) is 4.62. The van der Waals surface area contributed by atoms with Crippen molar-refractivity contribution in [1.82, 2.24) is 5.32 Å². The lowest BCUT2D eigenvalue weighted by molar-refractivity contribution is -0.117. The number of primary amides is 1. The number of anilines is 1. The lowest BCUT2D eigenvalue weighted by Crippen LogP contribution is -2.33. The van der Waals surface area contributed by atoms with Gasteiger partial charge in [0.1, 0.15) is 0 Å². The van der Waals surface area contributed by atoms with Crippen molar-refractivity contribution in [3.05, 3.63) is 59.7 Å². The fraction of sp³-hybridized carbons (Fsp3) is 0.125. The Bertz CT molecular complexity index is 861. The molecule has 0 aliphatic carbocycles. The molecule has 2 amide bonds. The molecule has 0 aliphatic rings. The maximum Gasteiger partial charge on any atom is 0.261 e. The Balaban J connectivity index is 2.16. The molecule has 2 rings (SSSR count). The molecule has 0 aliphatic heterocycles. The minimum atomic E-state index is -3.76. The van der Waals surface area contributed by atoms with Gasteiger partial charge in [-0.3, -0.25) is 14.3 Å². The van der Waals surface area contributed by atoms with E-state index in [0.717, 1.165) is 5.56 Å². The molecular weight excluding hydrogens is 330 g/mol. The summed E-state index contributed by atoms with van der Waals surface area (Å²) < 4.78 is 27.3. The summed E-state index contributed by atoms with van der Waals surface area (Å²) in [5, 5.41) is 2.33. The molecule has 0 saturated carbocycles. The van der Waals surface area contributed by atoms with Crippen LogP contribution in [-0.4, -0.2) is 26.8 Å². The molecule has 0 bridgehead atoms. The van der Waals surface area contributed by atoms with Gasteiger partial charge in [0.05, 0.1) is 17.1 Å². The standard InChI is InChI=1S/C16H17N3O4S/c1-11-4-2-3-5-14(11)19-24(22,23)13-8-6-12(7-9-13)16(21)18-10-15(17)20/h2-9,19H,10H2,1H3,(H2,17,20)(H,18,21). The van der Waals surface area contributed by atoms with Crippen LogP contribution >= 0.6 is 0 Å². The quantitative estimate of drug-likeness (QED) is 0.722. The second kappa shape index (κ2) is 7.14. The first-order valence-electron chi connectivity index (χ1n) is 7.04. The lowest BCUT2D eigenvalue weighted by atomic mass is 10.2. The van der Waals surface area contributed by atoms with Gasteiger partial charge in [-0.1, -0.05) is 18.2 Å². The van der Waals surface area contributed by atoms with Gasteiger partial charge in [0, 0.05) is 5.56 Å². The fourth-order valence-corrected chi connectivity index (χ4v) is 3.08. The fourth-order valence-electron chi connectivity index (χ4n) is 1.95. The van der Waals surface area contributed by atoms with Gasteiger partial charge < -0.3 is 11.1 Å². The predicted octanol–water partition coefficient (Wildman–Crippen LogP) is 1.01. The molecule has 0 atom stereocenters. The zero-order chi connectivity index (χ0) is 17.7. The number of carbonyl (C=O) groups excluding carboxylic acids is 2. The van der Waals surface area contributed by atoms with E-state index in [9.17, 15) is 18.0 Å². The third-order valence-electron chi connectivity index (χ3n) is 3.24. The molecule has 4 N–H and O–H groups in total. The van der Waals surface area contributed by atoms with Crippen LogP contribution in [0.15, 0.2) is 53.4 Å². The molecule has 7 nitrogen and oxygen atoms in total. The second-order valence-corrected chi connectivity index (χ2v) is 6.78. The number of carbonyl (C=O) groups is 2. The molecular formula is C16H17N3O4S. The summed E-state index contributed by atoms with van der Waals surface area (Å²) in [5.41, 5.74) is 6.45. The highest BCUT2D eigenvalue weighted by molar-refractivity contribution is 7.92. The molecule has 126 valence electrons. The van der Waals surface area contributed by atoms with Gasteiger partial charge in [-0.15, -0.1) is 0 Å². The molecule has 2 aromatic rings. The summed E-state index contributed by atoms with van der Waals surface area (Å²) >= 11 is 0. The Labute approximate surface area is 139 Å². The lowest BCUT2D eigenvalue weighted by Gasteiger charge is -2.11. The van der Waals surface area contributed by atoms with Crippen LogP contribution in [0.2, 0.25) is 0 Å². The van der Waals surface area contributed by atoms with E-state index < -0.39 is 21.8 Å². The van der Waals surface area contributed by atoms with E-state index in [4.69, 9.17) is 5.73 Å². The van der Waals surface area contributed by atoms with Crippen LogP contribution in [0, 0.1) is 6.92 Å². The molecule has 0 fully saturated rings. The average molecular weight is 347 g/mol. The maximum atomic E-state index is 12.4. The first kappa shape index (κ1) is 17.5. The van der Waals surface area contributed by atoms with Crippen molar-refractivity contribution in [1.29, 1.82) is 0 Å². The van der Waals surface area contributed by atoms with Crippen LogP contribution in [0.3, 0.4) is 0 Å². The second-order valence-electron chi connectivity index (χ2n) is 5.09. The van der Waals surface area contributed by atoms with Crippen LogP contribution in [0.25, 0.3) is 0 Å². The van der Waals surface area contributed by atoms with Gasteiger partial charge in [-0.05, 0) is 42.8 Å². The van der Waals surface area contributed by atoms with Crippen molar-refractivity contribution < 1.29 is 18.0 Å². The predicted molar refractivity (Wildman–Crippen MR) is 90.0 cm³/mol. The van der Waals surface area contributed by atoms with Crippen LogP contribution in [-0.2, 0) is 14.8 Å². The van der Waals surface area contributed by atoms with E-state index in [2.05, 4.69) is 10.0 Å². The van der Waals surface area contributed by atoms with E-state index in [1.165, 1.54) is 24.3 Å². The van der Waals surface area contributed by atoms with E-state index in [0.29, 0.717) is 5.69 Å². The summed E-state index contributed by atoms with van der Waals surface area (Å²) in [5.74, 6) is -1.17. The van der Waals surface area contributed by atoms with Crippen molar-refractivity contribution in [2.24, 2.45) is 5.73 Å². The summed E-state index contributed by atoms with van der Waals surface area (Å²) in [6.45, 7) is 1.51. The molecule has 0 aromatic heterocycles. The number of benzene rings is 2. The Kier molecular flexibility index (Phi) is 5.20. The highest BCUT2D eigenvalue weighted by atomic mass is 32.2. The molecule has 24 heavy (non-hydrogen) atoms. The topological polar surface area (TPSA) is 118 Å². The molecule has 2 aromatic carbocycles. The van der Waals surface area contributed by atoms with Crippen LogP contribution in [0.5, 0.6) is 0 Å². The highest BCUT2D eigenvalue weighted by Crippen LogP contribution is 2.19. The highest BCUT2D eigenvalue weighted by Gasteiger charge is 2.16. The summed E-state index contributed by atoms with van der Waals surface area (Å²) in [6, 6.07) is 12.4. The number of hydrogen-bond donors (Lipinski definition) is 3. The average Bonchev–Trinajstić information content (AvgIpc) is 2.54. The van der Waals surface area contributed by atoms with Crippen molar-refractivity contribution in [2.75, 3.05) is 11.3 Å². The minimum absolute atomic E-state index is 0.0252. The molecule has 0 heterocycles. The summed E-state index contributed by atoms with van der Waals surface area (Å²) in [6.07, 6.45) is 0. The number of para-hydroxylation sites is 1.